The van der Waals surface area contributed by atoms with Crippen molar-refractivity contribution in [3.05, 3.63) is 24.3 Å². The van der Waals surface area contributed by atoms with Gasteiger partial charge < -0.3 is 21.7 Å². The van der Waals surface area contributed by atoms with Crippen LogP contribution >= 0.6 is 0 Å². The van der Waals surface area contributed by atoms with Crippen LogP contribution in [-0.2, 0) is 0 Å². The molecule has 1 rings (SSSR count). The molecule has 18 heavy (non-hydrogen) atoms. The number of aliphatic hydroxyl groups excluding tert-OH is 2. The number of aliphatic hydroxyl groups is 2. The maximum atomic E-state index is 8.43. The first kappa shape index (κ1) is 16.7. The van der Waals surface area contributed by atoms with Gasteiger partial charge in [0.15, 0.2) is 0 Å². The lowest BCUT2D eigenvalue weighted by molar-refractivity contribution is 0.275. The maximum Gasteiger partial charge on any atom is 0.0431 e. The van der Waals surface area contributed by atoms with Crippen molar-refractivity contribution < 1.29 is 10.2 Å². The van der Waals surface area contributed by atoms with Crippen molar-refractivity contribution in [1.82, 2.24) is 0 Å². The molecule has 4 heteroatoms. The van der Waals surface area contributed by atoms with Gasteiger partial charge in [0.2, 0.25) is 0 Å². The van der Waals surface area contributed by atoms with E-state index in [1.807, 2.05) is 0 Å². The number of benzene rings is 1. The number of nitrogens with two attached hydrogens (primary N) is 2. The van der Waals surface area contributed by atoms with Gasteiger partial charge in [-0.25, -0.2) is 0 Å². The first-order valence-electron chi connectivity index (χ1n) is 6.53. The predicted molar refractivity (Wildman–Crippen MR) is 77.1 cm³/mol. The van der Waals surface area contributed by atoms with E-state index in [-0.39, 0.29) is 0 Å². The lowest BCUT2D eigenvalue weighted by Gasteiger charge is -1.97. The Hall–Kier alpha value is -1.26. The van der Waals surface area contributed by atoms with E-state index in [0.29, 0.717) is 13.2 Å². The van der Waals surface area contributed by atoms with Crippen molar-refractivity contribution in [2.45, 2.75) is 38.5 Å². The van der Waals surface area contributed by atoms with Crippen molar-refractivity contribution in [1.29, 1.82) is 0 Å². The number of nitrogen functional groups attached to an aromatic ring is 2. The number of hydrogen-bond donors (Lipinski definition) is 4. The highest BCUT2D eigenvalue weighted by Gasteiger charge is 1.88. The Labute approximate surface area is 110 Å². The molecule has 0 aliphatic rings. The Morgan fingerprint density at radius 2 is 0.889 bits per heavy atom. The molecule has 1 aromatic rings. The zero-order valence-electron chi connectivity index (χ0n) is 11.0. The van der Waals surface area contributed by atoms with E-state index in [4.69, 9.17) is 21.7 Å². The van der Waals surface area contributed by atoms with Crippen LogP contribution in [-0.4, -0.2) is 23.4 Å². The number of anilines is 2. The van der Waals surface area contributed by atoms with Crippen molar-refractivity contribution in [3.8, 4) is 0 Å². The summed E-state index contributed by atoms with van der Waals surface area (Å²) < 4.78 is 0. The first-order chi connectivity index (χ1) is 8.70. The SMILES string of the molecule is Nc1ccc(N)cc1.OCCCCCCCCO. The normalized spacial score (nSPS) is 9.67. The summed E-state index contributed by atoms with van der Waals surface area (Å²) in [6.45, 7) is 0.639. The molecule has 0 unspecified atom stereocenters. The standard InChI is InChI=1S/C8H18O2.C6H8N2/c9-7-5-3-1-2-4-6-8-10;7-5-1-2-6(8)4-3-5/h9-10H,1-8H2;1-4H,7-8H2. The van der Waals surface area contributed by atoms with E-state index in [2.05, 4.69) is 0 Å². The molecule has 0 saturated heterocycles. The van der Waals surface area contributed by atoms with E-state index in [1.54, 1.807) is 24.3 Å². The van der Waals surface area contributed by atoms with Crippen LogP contribution in [0.15, 0.2) is 24.3 Å². The average molecular weight is 254 g/mol. The first-order valence-corrected chi connectivity index (χ1v) is 6.53. The van der Waals surface area contributed by atoms with Crippen LogP contribution < -0.4 is 11.5 Å². The van der Waals surface area contributed by atoms with Gasteiger partial charge in [-0.15, -0.1) is 0 Å². The highest BCUT2D eigenvalue weighted by molar-refractivity contribution is 5.47. The van der Waals surface area contributed by atoms with Gasteiger partial charge in [-0.1, -0.05) is 25.7 Å². The molecule has 0 heterocycles. The van der Waals surface area contributed by atoms with Crippen LogP contribution in [0, 0.1) is 0 Å². The van der Waals surface area contributed by atoms with Crippen LogP contribution in [0.1, 0.15) is 38.5 Å². The molecule has 0 spiro atoms. The zero-order valence-corrected chi connectivity index (χ0v) is 11.0. The van der Waals surface area contributed by atoms with Crippen LogP contribution in [0.3, 0.4) is 0 Å². The van der Waals surface area contributed by atoms with Gasteiger partial charge in [0.1, 0.15) is 0 Å². The van der Waals surface area contributed by atoms with Gasteiger partial charge in [0.25, 0.3) is 0 Å². The molecule has 0 atom stereocenters. The van der Waals surface area contributed by atoms with Gasteiger partial charge in [0, 0.05) is 24.6 Å². The summed E-state index contributed by atoms with van der Waals surface area (Å²) in [5.41, 5.74) is 12.2. The van der Waals surface area contributed by atoms with Crippen molar-refractivity contribution in [2.24, 2.45) is 0 Å². The summed E-state index contributed by atoms with van der Waals surface area (Å²) in [7, 11) is 0. The smallest absolute Gasteiger partial charge is 0.0431 e. The van der Waals surface area contributed by atoms with E-state index >= 15 is 0 Å². The summed E-state index contributed by atoms with van der Waals surface area (Å²) in [6.07, 6.45) is 6.50. The largest absolute Gasteiger partial charge is 0.399 e. The summed E-state index contributed by atoms with van der Waals surface area (Å²) >= 11 is 0. The number of unbranched alkanes of at least 4 members (excludes halogenated alkanes) is 5. The molecule has 0 aromatic heterocycles. The Balaban J connectivity index is 0.000000327. The van der Waals surface area contributed by atoms with Crippen LogP contribution in [0.5, 0.6) is 0 Å². The van der Waals surface area contributed by atoms with Gasteiger partial charge >= 0.3 is 0 Å². The molecule has 0 saturated carbocycles. The highest BCUT2D eigenvalue weighted by Crippen LogP contribution is 2.05. The molecule has 1 aromatic carbocycles. The van der Waals surface area contributed by atoms with Gasteiger partial charge in [-0.2, -0.15) is 0 Å². The fourth-order valence-electron chi connectivity index (χ4n) is 1.43. The minimum Gasteiger partial charge on any atom is -0.399 e. The molecule has 0 aliphatic heterocycles. The second kappa shape index (κ2) is 12.2. The minimum absolute atomic E-state index is 0.319. The fraction of sp³-hybridized carbons (Fsp3) is 0.571. The molecule has 0 aliphatic carbocycles. The Morgan fingerprint density at radius 1 is 0.611 bits per heavy atom. The molecule has 104 valence electrons. The summed E-state index contributed by atoms with van der Waals surface area (Å²) in [5, 5.41) is 16.9. The second-order valence-corrected chi connectivity index (χ2v) is 4.24. The van der Waals surface area contributed by atoms with Crippen LogP contribution in [0.2, 0.25) is 0 Å². The Bertz CT molecular complexity index is 247. The zero-order chi connectivity index (χ0) is 13.6. The lowest BCUT2D eigenvalue weighted by atomic mass is 10.1. The maximum absolute atomic E-state index is 8.43. The minimum atomic E-state index is 0.319. The summed E-state index contributed by atoms with van der Waals surface area (Å²) in [5.74, 6) is 0. The lowest BCUT2D eigenvalue weighted by Crippen LogP contribution is -1.86. The second-order valence-electron chi connectivity index (χ2n) is 4.24. The van der Waals surface area contributed by atoms with E-state index < -0.39 is 0 Å². The number of rotatable bonds is 7. The molecule has 0 fully saturated rings. The Kier molecular flexibility index (Phi) is 11.3. The van der Waals surface area contributed by atoms with E-state index in [9.17, 15) is 0 Å². The summed E-state index contributed by atoms with van der Waals surface area (Å²) in [4.78, 5) is 0. The van der Waals surface area contributed by atoms with Crippen LogP contribution in [0.25, 0.3) is 0 Å². The average Bonchev–Trinajstić information content (AvgIpc) is 2.38. The van der Waals surface area contributed by atoms with E-state index in [1.165, 1.54) is 12.8 Å². The molecule has 0 radical (unpaired) electrons. The Morgan fingerprint density at radius 3 is 1.17 bits per heavy atom. The topological polar surface area (TPSA) is 92.5 Å². The molecular weight excluding hydrogens is 228 g/mol. The molecule has 0 amide bonds. The molecule has 6 N–H and O–H groups in total. The van der Waals surface area contributed by atoms with E-state index in [0.717, 1.165) is 37.1 Å². The van der Waals surface area contributed by atoms with Gasteiger partial charge in [0.05, 0.1) is 0 Å². The quantitative estimate of drug-likeness (QED) is 0.443. The molecule has 0 bridgehead atoms. The summed E-state index contributed by atoms with van der Waals surface area (Å²) in [6, 6.07) is 7.09. The van der Waals surface area contributed by atoms with Gasteiger partial charge in [-0.3, -0.25) is 0 Å². The predicted octanol–water partition coefficient (Wildman–Crippen LogP) is 2.16. The van der Waals surface area contributed by atoms with Gasteiger partial charge in [-0.05, 0) is 37.1 Å². The molecule has 4 nitrogen and oxygen atoms in total. The molecular formula is C14H26N2O2. The third-order valence-corrected chi connectivity index (χ3v) is 2.50. The van der Waals surface area contributed by atoms with Crippen LogP contribution in [0.4, 0.5) is 11.4 Å². The third kappa shape index (κ3) is 11.2. The monoisotopic (exact) mass is 254 g/mol. The van der Waals surface area contributed by atoms with Crippen molar-refractivity contribution in [3.63, 3.8) is 0 Å². The highest BCUT2D eigenvalue weighted by atomic mass is 16.3. The fourth-order valence-corrected chi connectivity index (χ4v) is 1.43. The third-order valence-electron chi connectivity index (χ3n) is 2.50. The number of hydrogen-bond acceptors (Lipinski definition) is 4. The van der Waals surface area contributed by atoms with Crippen molar-refractivity contribution >= 4 is 11.4 Å². The van der Waals surface area contributed by atoms with Crippen molar-refractivity contribution in [2.75, 3.05) is 24.7 Å².